The zero-order chi connectivity index (χ0) is 36.8. The van der Waals surface area contributed by atoms with Crippen molar-refractivity contribution in [3.05, 3.63) is 29.3 Å². The van der Waals surface area contributed by atoms with Crippen LogP contribution in [0, 0.1) is 17.3 Å². The SMILES string of the molecule is CC(=O)N1CCC(C(=O)N(CCCNC2CCC(C(C)(C)C)CC2)c2cccc(Cl)c2)CC1.NC(=O)N1CCCCC1.O=C(O)C(F)(F)F. The van der Waals surface area contributed by atoms with Gasteiger partial charge in [-0.3, -0.25) is 9.59 Å². The highest BCUT2D eigenvalue weighted by molar-refractivity contribution is 6.30. The van der Waals surface area contributed by atoms with Crippen LogP contribution in [-0.2, 0) is 14.4 Å². The second-order valence-electron chi connectivity index (χ2n) is 14.2. The number of nitrogens with zero attached hydrogens (tertiary/aromatic N) is 3. The van der Waals surface area contributed by atoms with Gasteiger partial charge in [0, 0.05) is 62.3 Å². The molecule has 0 aromatic heterocycles. The first-order valence-electron chi connectivity index (χ1n) is 17.3. The van der Waals surface area contributed by atoms with Gasteiger partial charge in [-0.05, 0) is 100 Å². The topological polar surface area (TPSA) is 136 Å². The van der Waals surface area contributed by atoms with Crippen LogP contribution in [0.5, 0.6) is 0 Å². The summed E-state index contributed by atoms with van der Waals surface area (Å²) in [5, 5.41) is 11.5. The highest BCUT2D eigenvalue weighted by Crippen LogP contribution is 2.37. The zero-order valence-electron chi connectivity index (χ0n) is 29.4. The third kappa shape index (κ3) is 15.2. The number of rotatable bonds is 7. The average molecular weight is 718 g/mol. The molecule has 2 heterocycles. The van der Waals surface area contributed by atoms with Crippen LogP contribution >= 0.6 is 11.6 Å². The van der Waals surface area contributed by atoms with Crippen molar-refractivity contribution in [3.8, 4) is 0 Å². The molecular weight excluding hydrogens is 663 g/mol. The van der Waals surface area contributed by atoms with Crippen LogP contribution in [0.4, 0.5) is 23.7 Å². The maximum Gasteiger partial charge on any atom is 0.490 e. The van der Waals surface area contributed by atoms with E-state index in [1.807, 2.05) is 34.1 Å². The Hall–Kier alpha value is -3.06. The fourth-order valence-electron chi connectivity index (χ4n) is 6.49. The molecule has 4 N–H and O–H groups in total. The fourth-order valence-corrected chi connectivity index (χ4v) is 6.68. The van der Waals surface area contributed by atoms with Crippen LogP contribution in [0.3, 0.4) is 0 Å². The first kappa shape index (κ1) is 42.1. The molecule has 4 amide bonds. The molecule has 2 aliphatic heterocycles. The molecule has 0 radical (unpaired) electrons. The Kier molecular flexibility index (Phi) is 17.1. The molecular formula is C35H55ClF3N5O5. The van der Waals surface area contributed by atoms with Crippen LogP contribution in [0.1, 0.15) is 91.9 Å². The Morgan fingerprint density at radius 3 is 1.96 bits per heavy atom. The highest BCUT2D eigenvalue weighted by atomic mass is 35.5. The van der Waals surface area contributed by atoms with Gasteiger partial charge in [0.1, 0.15) is 0 Å². The predicted molar refractivity (Wildman–Crippen MR) is 185 cm³/mol. The summed E-state index contributed by atoms with van der Waals surface area (Å²) in [6.45, 7) is 13.3. The molecule has 0 unspecified atom stereocenters. The van der Waals surface area contributed by atoms with Gasteiger partial charge < -0.3 is 30.9 Å². The summed E-state index contributed by atoms with van der Waals surface area (Å²) in [5.74, 6) is -1.73. The molecule has 2 saturated heterocycles. The smallest absolute Gasteiger partial charge is 0.475 e. The third-order valence-electron chi connectivity index (χ3n) is 9.53. The highest BCUT2D eigenvalue weighted by Gasteiger charge is 2.38. The number of hydrogen-bond acceptors (Lipinski definition) is 5. The van der Waals surface area contributed by atoms with Gasteiger partial charge in [0.25, 0.3) is 0 Å². The normalized spacial score (nSPS) is 20.2. The monoisotopic (exact) mass is 717 g/mol. The molecule has 4 rings (SSSR count). The number of carbonyl (C=O) groups excluding carboxylic acids is 3. The van der Waals surface area contributed by atoms with Gasteiger partial charge in [-0.2, -0.15) is 13.2 Å². The van der Waals surface area contributed by atoms with E-state index >= 15 is 0 Å². The molecule has 0 bridgehead atoms. The summed E-state index contributed by atoms with van der Waals surface area (Å²) in [6, 6.07) is 7.92. The number of hydrogen-bond donors (Lipinski definition) is 3. The lowest BCUT2D eigenvalue weighted by Crippen LogP contribution is -2.45. The average Bonchev–Trinajstić information content (AvgIpc) is 3.05. The number of carbonyl (C=O) groups is 4. The van der Waals surface area contributed by atoms with Gasteiger partial charge in [0.2, 0.25) is 11.8 Å². The van der Waals surface area contributed by atoms with Gasteiger partial charge >= 0.3 is 18.2 Å². The van der Waals surface area contributed by atoms with Crippen molar-refractivity contribution in [1.29, 1.82) is 0 Å². The van der Waals surface area contributed by atoms with E-state index < -0.39 is 12.1 Å². The molecule has 0 spiro atoms. The van der Waals surface area contributed by atoms with Crippen LogP contribution in [-0.4, -0.2) is 90.2 Å². The minimum absolute atomic E-state index is 0.0415. The lowest BCUT2D eigenvalue weighted by Gasteiger charge is -2.37. The van der Waals surface area contributed by atoms with Crippen LogP contribution in [0.2, 0.25) is 5.02 Å². The molecule has 49 heavy (non-hydrogen) atoms. The first-order valence-corrected chi connectivity index (χ1v) is 17.7. The van der Waals surface area contributed by atoms with Crippen molar-refractivity contribution < 1.29 is 37.5 Å². The number of nitrogens with one attached hydrogen (secondary N) is 1. The quantitative estimate of drug-likeness (QED) is 0.269. The number of nitrogens with two attached hydrogens (primary N) is 1. The molecule has 1 saturated carbocycles. The number of carboxylic acid groups (broad SMARTS) is 1. The lowest BCUT2D eigenvalue weighted by atomic mass is 9.71. The molecule has 278 valence electrons. The van der Waals surface area contributed by atoms with Crippen LogP contribution in [0.15, 0.2) is 24.3 Å². The lowest BCUT2D eigenvalue weighted by molar-refractivity contribution is -0.192. The van der Waals surface area contributed by atoms with E-state index in [-0.39, 0.29) is 23.8 Å². The third-order valence-corrected chi connectivity index (χ3v) is 9.76. The van der Waals surface area contributed by atoms with E-state index in [1.54, 1.807) is 11.8 Å². The standard InChI is InChI=1S/C27H42ClN3O2.C6H12N2O.C2HF3O2/c1-20(32)30-17-13-21(14-18-30)26(33)31(25-8-5-7-23(28)19-25)16-6-15-29-24-11-9-22(10-12-24)27(2,3)4;7-6(9)8-4-2-1-3-5-8;3-2(4,5)1(6)7/h5,7-8,19,21-22,24,29H,6,9-18H2,1-4H3;1-5H2,(H2,7,9);(H,6,7). The van der Waals surface area contributed by atoms with E-state index in [9.17, 15) is 27.6 Å². The minimum atomic E-state index is -5.08. The number of piperidine rings is 2. The molecule has 14 heteroatoms. The van der Waals surface area contributed by atoms with Gasteiger partial charge in [-0.1, -0.05) is 38.4 Å². The summed E-state index contributed by atoms with van der Waals surface area (Å²) in [4.78, 5) is 50.0. The predicted octanol–water partition coefficient (Wildman–Crippen LogP) is 6.70. The number of alkyl halides is 3. The van der Waals surface area contributed by atoms with Crippen molar-refractivity contribution >= 4 is 41.1 Å². The summed E-state index contributed by atoms with van der Waals surface area (Å²) >= 11 is 6.25. The van der Waals surface area contributed by atoms with Crippen molar-refractivity contribution in [1.82, 2.24) is 15.1 Å². The number of carboxylic acids is 1. The van der Waals surface area contributed by atoms with Crippen LogP contribution in [0.25, 0.3) is 0 Å². The van der Waals surface area contributed by atoms with Crippen molar-refractivity contribution in [2.75, 3.05) is 44.2 Å². The largest absolute Gasteiger partial charge is 0.490 e. The van der Waals surface area contributed by atoms with Gasteiger partial charge in [-0.15, -0.1) is 0 Å². The van der Waals surface area contributed by atoms with E-state index in [0.29, 0.717) is 36.1 Å². The molecule has 0 atom stereocenters. The number of halogens is 4. The van der Waals surface area contributed by atoms with Crippen molar-refractivity contribution in [3.63, 3.8) is 0 Å². The van der Waals surface area contributed by atoms with Gasteiger partial charge in [0.05, 0.1) is 0 Å². The Morgan fingerprint density at radius 2 is 1.51 bits per heavy atom. The number of primary amides is 1. The fraction of sp³-hybridized carbons (Fsp3) is 0.714. The van der Waals surface area contributed by atoms with Crippen molar-refractivity contribution in [2.45, 2.75) is 104 Å². The van der Waals surface area contributed by atoms with E-state index in [4.69, 9.17) is 27.2 Å². The van der Waals surface area contributed by atoms with E-state index in [1.165, 1.54) is 32.1 Å². The second kappa shape index (κ2) is 20.0. The molecule has 3 aliphatic rings. The molecule has 3 fully saturated rings. The summed E-state index contributed by atoms with van der Waals surface area (Å²) in [5.41, 5.74) is 6.33. The Labute approximate surface area is 293 Å². The number of urea groups is 1. The van der Waals surface area contributed by atoms with Gasteiger partial charge in [-0.25, -0.2) is 9.59 Å². The van der Waals surface area contributed by atoms with Gasteiger partial charge in [0.15, 0.2) is 0 Å². The second-order valence-corrected chi connectivity index (χ2v) is 14.6. The van der Waals surface area contributed by atoms with Crippen LogP contribution < -0.4 is 16.0 Å². The minimum Gasteiger partial charge on any atom is -0.475 e. The number of likely N-dealkylation sites (tertiary alicyclic amines) is 2. The summed E-state index contributed by atoms with van der Waals surface area (Å²) < 4.78 is 31.7. The number of anilines is 1. The zero-order valence-corrected chi connectivity index (χ0v) is 30.1. The maximum absolute atomic E-state index is 13.5. The molecule has 1 aromatic carbocycles. The number of aliphatic carboxylic acids is 1. The Morgan fingerprint density at radius 1 is 0.939 bits per heavy atom. The summed E-state index contributed by atoms with van der Waals surface area (Å²) in [6.07, 6.45) is 5.83. The van der Waals surface area contributed by atoms with E-state index in [2.05, 4.69) is 26.1 Å². The number of benzene rings is 1. The molecule has 1 aliphatic carbocycles. The van der Waals surface area contributed by atoms with E-state index in [0.717, 1.165) is 63.3 Å². The Balaban J connectivity index is 0.000000426. The molecule has 1 aromatic rings. The molecule has 10 nitrogen and oxygen atoms in total. The first-order chi connectivity index (χ1) is 22.9. The summed E-state index contributed by atoms with van der Waals surface area (Å²) in [7, 11) is 0. The van der Waals surface area contributed by atoms with Crippen molar-refractivity contribution in [2.24, 2.45) is 23.0 Å². The maximum atomic E-state index is 13.5. The Bertz CT molecular complexity index is 1210. The number of amides is 4.